The zero-order valence-corrected chi connectivity index (χ0v) is 14.1. The molecule has 5 heteroatoms. The zero-order chi connectivity index (χ0) is 15.4. The Morgan fingerprint density at radius 1 is 1.38 bits per heavy atom. The van der Waals surface area contributed by atoms with Gasteiger partial charge in [0.1, 0.15) is 5.69 Å². The fourth-order valence-corrected chi connectivity index (χ4v) is 3.33. The quantitative estimate of drug-likeness (QED) is 0.755. The first-order valence-electron chi connectivity index (χ1n) is 7.93. The molecule has 0 radical (unpaired) electrons. The number of Topliss-reactive ketones (excluding diaryl/α,β-unsaturated/α-hetero) is 1. The highest BCUT2D eigenvalue weighted by molar-refractivity contribution is 6.33. The minimum absolute atomic E-state index is 0.125. The van der Waals surface area contributed by atoms with Crippen LogP contribution in [0.1, 0.15) is 49.5 Å². The van der Waals surface area contributed by atoms with E-state index < -0.39 is 0 Å². The first-order chi connectivity index (χ1) is 10.0. The number of ketones is 1. The average Bonchev–Trinajstić information content (AvgIpc) is 2.85. The summed E-state index contributed by atoms with van der Waals surface area (Å²) >= 11 is 6.21. The fraction of sp³-hybridized carbons (Fsp3) is 0.750. The van der Waals surface area contributed by atoms with Crippen molar-refractivity contribution in [2.75, 3.05) is 20.6 Å². The summed E-state index contributed by atoms with van der Waals surface area (Å²) in [7, 11) is 4.03. The molecule has 1 aromatic rings. The Balaban J connectivity index is 2.06. The van der Waals surface area contributed by atoms with Crippen molar-refractivity contribution in [1.29, 1.82) is 0 Å². The lowest BCUT2D eigenvalue weighted by Gasteiger charge is -2.27. The predicted octanol–water partition coefficient (Wildman–Crippen LogP) is 3.50. The van der Waals surface area contributed by atoms with E-state index in [0.717, 1.165) is 38.1 Å². The van der Waals surface area contributed by atoms with Crippen molar-refractivity contribution in [2.45, 2.75) is 45.6 Å². The number of aromatic nitrogens is 2. The van der Waals surface area contributed by atoms with Crippen molar-refractivity contribution in [3.8, 4) is 0 Å². The highest BCUT2D eigenvalue weighted by Gasteiger charge is 2.29. The van der Waals surface area contributed by atoms with E-state index >= 15 is 0 Å². The first-order valence-corrected chi connectivity index (χ1v) is 8.31. The maximum absolute atomic E-state index is 12.8. The van der Waals surface area contributed by atoms with Gasteiger partial charge in [0.15, 0.2) is 5.78 Å². The van der Waals surface area contributed by atoms with E-state index in [4.69, 9.17) is 11.6 Å². The summed E-state index contributed by atoms with van der Waals surface area (Å²) in [6, 6.07) is 0. The van der Waals surface area contributed by atoms with E-state index in [1.165, 1.54) is 6.42 Å². The topological polar surface area (TPSA) is 38.1 Å². The summed E-state index contributed by atoms with van der Waals surface area (Å²) < 4.78 is 1.77. The highest BCUT2D eigenvalue weighted by atomic mass is 35.5. The van der Waals surface area contributed by atoms with Crippen molar-refractivity contribution < 1.29 is 4.79 Å². The van der Waals surface area contributed by atoms with Crippen LogP contribution in [0.3, 0.4) is 0 Å². The van der Waals surface area contributed by atoms with E-state index in [0.29, 0.717) is 17.3 Å². The second kappa shape index (κ2) is 7.41. The van der Waals surface area contributed by atoms with Gasteiger partial charge in [-0.2, -0.15) is 5.10 Å². The van der Waals surface area contributed by atoms with E-state index in [1.807, 2.05) is 14.1 Å². The maximum atomic E-state index is 12.8. The van der Waals surface area contributed by atoms with Gasteiger partial charge in [-0.1, -0.05) is 24.9 Å². The van der Waals surface area contributed by atoms with Crippen LogP contribution in [0, 0.1) is 11.8 Å². The minimum Gasteiger partial charge on any atom is -0.308 e. The Labute approximate surface area is 132 Å². The molecule has 118 valence electrons. The van der Waals surface area contributed by atoms with E-state index in [9.17, 15) is 4.79 Å². The Kier molecular flexibility index (Phi) is 5.82. The Morgan fingerprint density at radius 3 is 2.62 bits per heavy atom. The van der Waals surface area contributed by atoms with Crippen LogP contribution in [0.25, 0.3) is 0 Å². The molecule has 0 unspecified atom stereocenters. The third-order valence-electron chi connectivity index (χ3n) is 4.58. The summed E-state index contributed by atoms with van der Waals surface area (Å²) in [4.78, 5) is 14.9. The molecule has 0 aromatic carbocycles. The van der Waals surface area contributed by atoms with Gasteiger partial charge in [0.25, 0.3) is 0 Å². The third kappa shape index (κ3) is 4.07. The molecule has 1 fully saturated rings. The molecular weight excluding hydrogens is 286 g/mol. The molecule has 0 atom stereocenters. The van der Waals surface area contributed by atoms with Gasteiger partial charge in [-0.3, -0.25) is 9.48 Å². The molecule has 0 bridgehead atoms. The molecule has 1 saturated carbocycles. The Bertz CT molecular complexity index is 476. The second-order valence-electron chi connectivity index (χ2n) is 6.36. The Morgan fingerprint density at radius 2 is 2.05 bits per heavy atom. The Hall–Kier alpha value is -0.870. The van der Waals surface area contributed by atoms with Crippen LogP contribution < -0.4 is 0 Å². The molecule has 1 aliphatic carbocycles. The standard InChI is InChI=1S/C16H26ClN3O/c1-4-12-5-7-13(8-6-12)16(21)15-14(17)11-18-20(15)10-9-19(2)3/h11-13H,4-10H2,1-3H3. The molecule has 0 amide bonds. The number of hydrogen-bond donors (Lipinski definition) is 0. The van der Waals surface area contributed by atoms with Crippen LogP contribution in [0.15, 0.2) is 6.20 Å². The number of hydrogen-bond acceptors (Lipinski definition) is 3. The molecule has 4 nitrogen and oxygen atoms in total. The lowest BCUT2D eigenvalue weighted by Crippen LogP contribution is -2.26. The summed E-state index contributed by atoms with van der Waals surface area (Å²) in [5.41, 5.74) is 0.610. The van der Waals surface area contributed by atoms with Crippen LogP contribution in [-0.4, -0.2) is 41.1 Å². The maximum Gasteiger partial charge on any atom is 0.185 e. The number of carbonyl (C=O) groups is 1. The van der Waals surface area contributed by atoms with Gasteiger partial charge in [0.05, 0.1) is 17.8 Å². The molecule has 1 aromatic heterocycles. The summed E-state index contributed by atoms with van der Waals surface area (Å²) in [6.07, 6.45) is 7.14. The minimum atomic E-state index is 0.125. The highest BCUT2D eigenvalue weighted by Crippen LogP contribution is 2.33. The number of nitrogens with zero attached hydrogens (tertiary/aromatic N) is 3. The molecule has 1 aliphatic rings. The smallest absolute Gasteiger partial charge is 0.185 e. The molecule has 0 aliphatic heterocycles. The fourth-order valence-electron chi connectivity index (χ4n) is 3.10. The van der Waals surface area contributed by atoms with Crippen molar-refractivity contribution in [3.05, 3.63) is 16.9 Å². The van der Waals surface area contributed by atoms with Gasteiger partial charge >= 0.3 is 0 Å². The van der Waals surface area contributed by atoms with Crippen LogP contribution >= 0.6 is 11.6 Å². The van der Waals surface area contributed by atoms with Crippen molar-refractivity contribution in [2.24, 2.45) is 11.8 Å². The molecule has 1 heterocycles. The van der Waals surface area contributed by atoms with Gasteiger partial charge in [-0.15, -0.1) is 0 Å². The number of halogens is 1. The normalized spacial score (nSPS) is 22.7. The van der Waals surface area contributed by atoms with E-state index in [-0.39, 0.29) is 11.7 Å². The molecule has 21 heavy (non-hydrogen) atoms. The van der Waals surface area contributed by atoms with Gasteiger partial charge in [-0.25, -0.2) is 0 Å². The summed E-state index contributed by atoms with van der Waals surface area (Å²) in [5, 5.41) is 4.77. The molecule has 0 saturated heterocycles. The third-order valence-corrected chi connectivity index (χ3v) is 4.86. The van der Waals surface area contributed by atoms with Crippen molar-refractivity contribution in [1.82, 2.24) is 14.7 Å². The van der Waals surface area contributed by atoms with Crippen LogP contribution in [0.5, 0.6) is 0 Å². The van der Waals surface area contributed by atoms with Gasteiger partial charge < -0.3 is 4.90 Å². The number of carbonyl (C=O) groups excluding carboxylic acids is 1. The molecular formula is C16H26ClN3O. The molecule has 2 rings (SSSR count). The van der Waals surface area contributed by atoms with E-state index in [2.05, 4.69) is 16.9 Å². The summed E-state index contributed by atoms with van der Waals surface area (Å²) in [6.45, 7) is 3.78. The zero-order valence-electron chi connectivity index (χ0n) is 13.3. The molecule has 0 spiro atoms. The summed E-state index contributed by atoms with van der Waals surface area (Å²) in [5.74, 6) is 1.11. The van der Waals surface area contributed by atoms with Crippen molar-refractivity contribution in [3.63, 3.8) is 0 Å². The predicted molar refractivity (Wildman–Crippen MR) is 85.9 cm³/mol. The second-order valence-corrected chi connectivity index (χ2v) is 6.76. The largest absolute Gasteiger partial charge is 0.308 e. The average molecular weight is 312 g/mol. The van der Waals surface area contributed by atoms with Gasteiger partial charge in [0.2, 0.25) is 0 Å². The van der Waals surface area contributed by atoms with Gasteiger partial charge in [0, 0.05) is 12.5 Å². The first kappa shape index (κ1) is 16.5. The monoisotopic (exact) mass is 311 g/mol. The van der Waals surface area contributed by atoms with Crippen LogP contribution in [0.2, 0.25) is 5.02 Å². The number of likely N-dealkylation sites (N-methyl/N-ethyl adjacent to an activating group) is 1. The SMILES string of the molecule is CCC1CCC(C(=O)c2c(Cl)cnn2CCN(C)C)CC1. The molecule has 0 N–H and O–H groups in total. The lowest BCUT2D eigenvalue weighted by molar-refractivity contribution is 0.0859. The van der Waals surface area contributed by atoms with Crippen LogP contribution in [-0.2, 0) is 6.54 Å². The van der Waals surface area contributed by atoms with Crippen LogP contribution in [0.4, 0.5) is 0 Å². The lowest BCUT2D eigenvalue weighted by atomic mass is 9.78. The van der Waals surface area contributed by atoms with E-state index in [1.54, 1.807) is 10.9 Å². The van der Waals surface area contributed by atoms with Crippen molar-refractivity contribution >= 4 is 17.4 Å². The van der Waals surface area contributed by atoms with Gasteiger partial charge in [-0.05, 0) is 45.7 Å². The number of rotatable bonds is 6.